The lowest BCUT2D eigenvalue weighted by molar-refractivity contribution is -0.121. The number of carbonyl (C=O) groups excluding carboxylic acids is 4. The number of carbonyl (C=O) groups is 3. The van der Waals surface area contributed by atoms with Crippen LogP contribution >= 0.6 is 69.6 Å². The van der Waals surface area contributed by atoms with E-state index < -0.39 is 47.4 Å². The summed E-state index contributed by atoms with van der Waals surface area (Å²) < 4.78 is 122. The number of sulfonamides is 3. The number of likely N-dealkylation sites (N-methyl/N-ethyl adjacent to an activating group) is 3. The number of hydrogen-bond donors (Lipinski definition) is 5. The molecule has 6 aromatic carbocycles. The van der Waals surface area contributed by atoms with Crippen LogP contribution in [-0.2, 0) is 97.3 Å². The summed E-state index contributed by atoms with van der Waals surface area (Å²) in [4.78, 5) is 62.9. The van der Waals surface area contributed by atoms with Crippen LogP contribution in [0.15, 0.2) is 129 Å². The Hall–Kier alpha value is -5.58. The summed E-state index contributed by atoms with van der Waals surface area (Å²) in [5.41, 5.74) is 6.87. The molecule has 0 saturated heterocycles. The van der Waals surface area contributed by atoms with Gasteiger partial charge in [0, 0.05) is 152 Å². The Kier molecular flexibility index (Phi) is 35.6. The molecule has 0 aromatic heterocycles. The topological polar surface area (TPSA) is 308 Å². The zero-order valence-corrected chi connectivity index (χ0v) is 69.8. The van der Waals surface area contributed by atoms with E-state index in [1.54, 1.807) is 60.7 Å². The van der Waals surface area contributed by atoms with E-state index >= 15 is 0 Å². The van der Waals surface area contributed by atoms with Gasteiger partial charge in [0.15, 0.2) is 0 Å². The first kappa shape index (κ1) is 90.3. The highest BCUT2D eigenvalue weighted by atomic mass is 35.5. The number of hydrogen-bond acceptors (Lipinski definition) is 20. The summed E-state index contributed by atoms with van der Waals surface area (Å²) >= 11 is 38.9. The molecule has 3 heterocycles. The van der Waals surface area contributed by atoms with Crippen LogP contribution in [0.4, 0.5) is 0 Å². The van der Waals surface area contributed by atoms with Crippen LogP contribution in [0, 0.1) is 0 Å². The van der Waals surface area contributed by atoms with E-state index in [9.17, 15) is 44.4 Å². The van der Waals surface area contributed by atoms with Gasteiger partial charge in [0.05, 0.1) is 92.9 Å². The number of rotatable bonds is 47. The van der Waals surface area contributed by atoms with Gasteiger partial charge < -0.3 is 53.8 Å². The second-order valence-corrected chi connectivity index (χ2v) is 35.8. The first-order valence-corrected chi connectivity index (χ1v) is 43.7. The zero-order valence-electron chi connectivity index (χ0n) is 62.9. The van der Waals surface area contributed by atoms with Crippen molar-refractivity contribution in [2.24, 2.45) is 4.99 Å². The number of Topliss-reactive ketones (excluding diaryl/α,β-unsaturated/α-hetero) is 1. The molecule has 5 N–H and O–H groups in total. The van der Waals surface area contributed by atoms with Crippen LogP contribution in [0.1, 0.15) is 119 Å². The number of ether oxygens (including phenoxy) is 6. The van der Waals surface area contributed by atoms with E-state index in [0.29, 0.717) is 75.8 Å². The van der Waals surface area contributed by atoms with Gasteiger partial charge >= 0.3 is 0 Å². The predicted molar refractivity (Wildman–Crippen MR) is 433 cm³/mol. The Bertz CT molecular complexity index is 4170. The third-order valence-electron chi connectivity index (χ3n) is 19.6. The van der Waals surface area contributed by atoms with Gasteiger partial charge in [0.25, 0.3) is 0 Å². The lowest BCUT2D eigenvalue weighted by Crippen LogP contribution is -2.35. The number of nitrogens with one attached hydrogen (secondary N) is 5. The molecule has 6 aromatic rings. The largest absolute Gasteiger partial charge is 0.379 e. The Morgan fingerprint density at radius 3 is 1.07 bits per heavy atom. The normalized spacial score (nSPS) is 16.3. The summed E-state index contributed by atoms with van der Waals surface area (Å²) in [7, 11) is -5.73. The number of halogens is 6. The van der Waals surface area contributed by atoms with Crippen molar-refractivity contribution < 1.29 is 72.9 Å². The van der Waals surface area contributed by atoms with E-state index in [2.05, 4.69) is 44.5 Å². The second-order valence-electron chi connectivity index (χ2n) is 28.0. The fourth-order valence-electron chi connectivity index (χ4n) is 14.0. The van der Waals surface area contributed by atoms with Crippen molar-refractivity contribution >= 4 is 123 Å². The highest BCUT2D eigenvalue weighted by Gasteiger charge is 2.35. The summed E-state index contributed by atoms with van der Waals surface area (Å²) in [6, 6.07) is 31.2. The van der Waals surface area contributed by atoms with E-state index in [4.69, 9.17) is 98.0 Å². The van der Waals surface area contributed by atoms with E-state index in [0.717, 1.165) is 50.1 Å². The van der Waals surface area contributed by atoms with Gasteiger partial charge in [-0.15, -0.1) is 0 Å². The van der Waals surface area contributed by atoms with Gasteiger partial charge in [-0.1, -0.05) is 106 Å². The average Bonchev–Trinajstić information content (AvgIpc) is 0.781. The molecule has 25 nitrogen and oxygen atoms in total. The molecular formula is C78H97Cl6N9O16S3. The van der Waals surface area contributed by atoms with Gasteiger partial charge in [-0.25, -0.2) is 44.2 Å². The Morgan fingerprint density at radius 2 is 0.741 bits per heavy atom. The molecule has 3 aliphatic rings. The fraction of sp³-hybridized carbons (Fsp3) is 0.487. The molecule has 3 atom stereocenters. The van der Waals surface area contributed by atoms with Crippen molar-refractivity contribution in [3.63, 3.8) is 0 Å². The molecule has 9 rings (SSSR count). The van der Waals surface area contributed by atoms with E-state index in [1.807, 2.05) is 57.5 Å². The van der Waals surface area contributed by atoms with Gasteiger partial charge in [-0.2, -0.15) is 4.99 Å². The maximum atomic E-state index is 13.4. The average molecular weight is 1730 g/mol. The number of aliphatic imine (C=N–C) groups is 1. The van der Waals surface area contributed by atoms with Gasteiger partial charge in [0.1, 0.15) is 5.78 Å². The number of isocyanates is 1. The molecule has 112 heavy (non-hydrogen) atoms. The Morgan fingerprint density at radius 1 is 0.429 bits per heavy atom. The smallest absolute Gasteiger partial charge is 0.240 e. The van der Waals surface area contributed by atoms with Crippen molar-refractivity contribution in [3.8, 4) is 0 Å². The molecule has 34 heteroatoms. The fourth-order valence-corrected chi connectivity index (χ4v) is 18.9. The van der Waals surface area contributed by atoms with Crippen LogP contribution in [0.2, 0.25) is 30.1 Å². The minimum atomic E-state index is -3.89. The van der Waals surface area contributed by atoms with Crippen molar-refractivity contribution in [1.82, 2.24) is 39.5 Å². The summed E-state index contributed by atoms with van der Waals surface area (Å²) in [6.45, 7) is 5.72. The molecule has 0 bridgehead atoms. The van der Waals surface area contributed by atoms with Gasteiger partial charge in [-0.3, -0.25) is 14.4 Å². The number of nitrogens with zero attached hydrogens (tertiary/aromatic N) is 4. The minimum absolute atomic E-state index is 0.00156. The van der Waals surface area contributed by atoms with Crippen molar-refractivity contribution in [2.75, 3.05) is 153 Å². The molecule has 0 saturated carbocycles. The molecule has 0 radical (unpaired) electrons. The van der Waals surface area contributed by atoms with Gasteiger partial charge in [-0.05, 0) is 170 Å². The number of ketones is 1. The van der Waals surface area contributed by atoms with Crippen LogP contribution in [0.3, 0.4) is 0 Å². The third kappa shape index (κ3) is 27.3. The maximum absolute atomic E-state index is 13.4. The van der Waals surface area contributed by atoms with Crippen LogP contribution in [0.5, 0.6) is 0 Å². The van der Waals surface area contributed by atoms with Crippen molar-refractivity contribution in [2.45, 2.75) is 109 Å². The summed E-state index contributed by atoms with van der Waals surface area (Å²) in [6.07, 6.45) is 1.89. The summed E-state index contributed by atoms with van der Waals surface area (Å²) in [5, 5.41) is 8.79. The molecular weight excluding hydrogens is 1630 g/mol. The molecule has 0 fully saturated rings. The highest BCUT2D eigenvalue weighted by molar-refractivity contribution is 7.90. The molecule has 0 unspecified atom stereocenters. The van der Waals surface area contributed by atoms with E-state index in [1.165, 1.54) is 18.2 Å². The third-order valence-corrected chi connectivity index (χ3v) is 25.6. The van der Waals surface area contributed by atoms with E-state index in [-0.39, 0.29) is 195 Å². The minimum Gasteiger partial charge on any atom is -0.379 e. The Balaban J connectivity index is 0.668. The lowest BCUT2D eigenvalue weighted by Gasteiger charge is -2.33. The Labute approximate surface area is 686 Å². The molecule has 610 valence electrons. The van der Waals surface area contributed by atoms with Crippen LogP contribution in [0.25, 0.3) is 0 Å². The lowest BCUT2D eigenvalue weighted by atomic mass is 9.83. The molecule has 0 spiro atoms. The SMILES string of the molecule is CN1Cc2c(Cl)cc(Cl)cc2[C@H](c2cccc(S(=O)(=O)NCCOCCOCCCC(=O)CCC(CCC(=O)NCCOCCOCCNS(=O)(=O)c3cccc([C@@H]4CN(C)Cc5c(Cl)cc(Cl)cc54)c3)(CCC(=O)NCCOCCOCCNS(=O)(=O)c3cccc([C@@H]4CN(C)Cc5c(Cl)cc(Cl)cc54)c3)N=C=O)c2)C1. The predicted octanol–water partition coefficient (Wildman–Crippen LogP) is 10.7. The van der Waals surface area contributed by atoms with Crippen molar-refractivity contribution in [1.29, 1.82) is 0 Å². The molecule has 3 aliphatic heterocycles. The molecule has 0 aliphatic carbocycles. The monoisotopic (exact) mass is 1720 g/mol. The number of fused-ring (bicyclic) bond motifs is 3. The standard InChI is InChI=1S/C78H97Cl6N9O16S3/c1-91-47-67(64-41-57(79)44-73(82)70(64)50-91)54-8-4-12-61(38-54)110(98,99)88-23-29-107-33-32-104-26-7-11-60(95)15-18-78(87-53-94,19-16-76(96)85-21-27-105-34-36-108-30-24-89-111(100,101)62-13-5-9-55(39-62)68-48-92(2)51-71-65(68)42-58(80)45-74(71)83)20-17-77(97)86-22-28-106-35-37-109-31-25-90-112(102,103)63-14-6-10-56(40-63)69-49-93(3)52-72-66(69)43-59(81)46-75(72)84/h4-6,8-10,12-14,38-46,67-69,88-90H,7,11,15-37,47-52H2,1-3H3,(H,85,96)(H,86,97)/t67-,68-,69-/m0/s1. The number of amides is 2. The highest BCUT2D eigenvalue weighted by Crippen LogP contribution is 2.43. The maximum Gasteiger partial charge on any atom is 0.240 e. The summed E-state index contributed by atoms with van der Waals surface area (Å²) in [5.74, 6) is -1.38. The first-order chi connectivity index (χ1) is 53.6. The number of benzene rings is 6. The van der Waals surface area contributed by atoms with Gasteiger partial charge in [0.2, 0.25) is 48.0 Å². The van der Waals surface area contributed by atoms with Crippen LogP contribution in [-0.4, -0.2) is 222 Å². The van der Waals surface area contributed by atoms with Crippen molar-refractivity contribution in [3.05, 3.63) is 189 Å². The molecule has 2 amide bonds. The van der Waals surface area contributed by atoms with Crippen LogP contribution < -0.4 is 24.8 Å². The first-order valence-electron chi connectivity index (χ1n) is 37.0. The second kappa shape index (κ2) is 44.1. The quantitative estimate of drug-likeness (QED) is 0.0135. The zero-order chi connectivity index (χ0) is 80.4.